The number of hydrogen-bond donors (Lipinski definition) is 1. The quantitative estimate of drug-likeness (QED) is 0.788. The summed E-state index contributed by atoms with van der Waals surface area (Å²) in [5.74, 6) is 0.0224. The molecule has 0 spiro atoms. The Balaban J connectivity index is 1.54. The molecule has 1 saturated heterocycles. The van der Waals surface area contributed by atoms with Gasteiger partial charge in [0.1, 0.15) is 0 Å². The van der Waals surface area contributed by atoms with Crippen molar-refractivity contribution in [1.82, 2.24) is 10.2 Å². The lowest BCUT2D eigenvalue weighted by Crippen LogP contribution is -2.45. The highest BCUT2D eigenvalue weighted by atomic mass is 35.5. The minimum absolute atomic E-state index is 0.0224. The van der Waals surface area contributed by atoms with Crippen LogP contribution in [0.2, 0.25) is 10.0 Å². The zero-order chi connectivity index (χ0) is 19.2. The highest BCUT2D eigenvalue weighted by Crippen LogP contribution is 2.23. The van der Waals surface area contributed by atoms with Crippen molar-refractivity contribution in [1.29, 1.82) is 0 Å². The molecule has 1 heterocycles. The number of amides is 1. The van der Waals surface area contributed by atoms with Gasteiger partial charge in [-0.05, 0) is 42.8 Å². The van der Waals surface area contributed by atoms with Crippen LogP contribution in [-0.4, -0.2) is 44.0 Å². The zero-order valence-corrected chi connectivity index (χ0v) is 17.1. The monoisotopic (exact) mass is 405 g/mol. The maximum absolute atomic E-state index is 12.3. The molecule has 6 heteroatoms. The maximum Gasteiger partial charge on any atom is 0.220 e. The van der Waals surface area contributed by atoms with E-state index in [2.05, 4.69) is 40.4 Å². The van der Waals surface area contributed by atoms with Crippen LogP contribution in [0.4, 0.5) is 5.69 Å². The molecular weight excluding hydrogens is 381 g/mol. The van der Waals surface area contributed by atoms with Gasteiger partial charge in [-0.25, -0.2) is 0 Å². The molecule has 0 aliphatic carbocycles. The molecule has 2 aromatic carbocycles. The molecule has 1 fully saturated rings. The molecule has 4 nitrogen and oxygen atoms in total. The van der Waals surface area contributed by atoms with E-state index >= 15 is 0 Å². The number of nitrogens with one attached hydrogen (secondary N) is 1. The van der Waals surface area contributed by atoms with E-state index in [1.54, 1.807) is 12.1 Å². The Morgan fingerprint density at radius 1 is 1.04 bits per heavy atom. The van der Waals surface area contributed by atoms with Crippen LogP contribution in [0.1, 0.15) is 17.5 Å². The van der Waals surface area contributed by atoms with Crippen molar-refractivity contribution in [3.63, 3.8) is 0 Å². The normalized spacial score (nSPS) is 15.0. The topological polar surface area (TPSA) is 35.6 Å². The molecule has 3 rings (SSSR count). The molecule has 1 aliphatic heterocycles. The lowest BCUT2D eigenvalue weighted by Gasteiger charge is -2.35. The van der Waals surface area contributed by atoms with Crippen LogP contribution in [0.5, 0.6) is 0 Å². The highest BCUT2D eigenvalue weighted by Gasteiger charge is 2.17. The minimum Gasteiger partial charge on any atom is -0.369 e. The smallest absolute Gasteiger partial charge is 0.220 e. The maximum atomic E-state index is 12.3. The van der Waals surface area contributed by atoms with Crippen LogP contribution in [-0.2, 0) is 17.8 Å². The largest absolute Gasteiger partial charge is 0.369 e. The third-order valence-electron chi connectivity index (χ3n) is 4.95. The molecule has 0 aromatic heterocycles. The molecule has 0 bridgehead atoms. The summed E-state index contributed by atoms with van der Waals surface area (Å²) >= 11 is 12.1. The Hall–Kier alpha value is -1.75. The lowest BCUT2D eigenvalue weighted by molar-refractivity contribution is -0.121. The Labute approximate surface area is 171 Å². The number of para-hydroxylation sites is 1. The van der Waals surface area contributed by atoms with Gasteiger partial charge in [0, 0.05) is 54.9 Å². The van der Waals surface area contributed by atoms with Crippen LogP contribution >= 0.6 is 23.2 Å². The van der Waals surface area contributed by atoms with E-state index in [9.17, 15) is 4.79 Å². The fraction of sp³-hybridized carbons (Fsp3) is 0.381. The van der Waals surface area contributed by atoms with Gasteiger partial charge in [0.2, 0.25) is 5.91 Å². The van der Waals surface area contributed by atoms with Crippen molar-refractivity contribution >= 4 is 34.8 Å². The summed E-state index contributed by atoms with van der Waals surface area (Å²) in [5, 5.41) is 4.26. The van der Waals surface area contributed by atoms with Crippen molar-refractivity contribution in [2.75, 3.05) is 38.1 Å². The number of rotatable bonds is 6. The molecule has 0 unspecified atom stereocenters. The lowest BCUT2D eigenvalue weighted by atomic mass is 10.1. The van der Waals surface area contributed by atoms with E-state index in [0.717, 1.165) is 37.3 Å². The number of piperazine rings is 1. The number of hydrogen-bond acceptors (Lipinski definition) is 3. The van der Waals surface area contributed by atoms with Gasteiger partial charge >= 0.3 is 0 Å². The molecular formula is C21H25Cl2N3O. The van der Waals surface area contributed by atoms with Crippen LogP contribution in [0.25, 0.3) is 0 Å². The molecule has 144 valence electrons. The molecule has 1 amide bonds. The van der Waals surface area contributed by atoms with Crippen LogP contribution in [0.15, 0.2) is 42.5 Å². The Morgan fingerprint density at radius 2 is 1.78 bits per heavy atom. The highest BCUT2D eigenvalue weighted by molar-refractivity contribution is 6.35. The number of nitrogens with zero attached hydrogens (tertiary/aromatic N) is 2. The van der Waals surface area contributed by atoms with Gasteiger partial charge in [0.05, 0.1) is 0 Å². The molecule has 1 aliphatic rings. The summed E-state index contributed by atoms with van der Waals surface area (Å²) in [5.41, 5.74) is 3.31. The van der Waals surface area contributed by atoms with Crippen LogP contribution in [0.3, 0.4) is 0 Å². The Morgan fingerprint density at radius 3 is 2.52 bits per heavy atom. The number of aryl methyl sites for hydroxylation is 1. The van der Waals surface area contributed by atoms with Gasteiger partial charge in [-0.1, -0.05) is 47.5 Å². The average molecular weight is 406 g/mol. The van der Waals surface area contributed by atoms with Crippen molar-refractivity contribution in [2.24, 2.45) is 0 Å². The number of anilines is 1. The molecule has 27 heavy (non-hydrogen) atoms. The Kier molecular flexibility index (Phi) is 7.00. The summed E-state index contributed by atoms with van der Waals surface area (Å²) in [6.07, 6.45) is 1.000. The molecule has 2 aromatic rings. The van der Waals surface area contributed by atoms with Crippen LogP contribution in [0, 0.1) is 0 Å². The van der Waals surface area contributed by atoms with Gasteiger partial charge in [-0.3, -0.25) is 4.79 Å². The number of carbonyl (C=O) groups excluding carboxylic acids is 1. The number of benzene rings is 2. The first kappa shape index (κ1) is 20.0. The zero-order valence-electron chi connectivity index (χ0n) is 15.5. The van der Waals surface area contributed by atoms with E-state index in [1.807, 2.05) is 12.1 Å². The second-order valence-electron chi connectivity index (χ2n) is 6.93. The molecule has 0 saturated carbocycles. The summed E-state index contributed by atoms with van der Waals surface area (Å²) < 4.78 is 0. The first-order valence-corrected chi connectivity index (χ1v) is 10.0. The third kappa shape index (κ3) is 5.61. The second kappa shape index (κ2) is 9.45. The fourth-order valence-corrected chi connectivity index (χ4v) is 3.77. The van der Waals surface area contributed by atoms with Crippen molar-refractivity contribution in [2.45, 2.75) is 19.4 Å². The summed E-state index contributed by atoms with van der Waals surface area (Å²) in [7, 11) is 2.15. The minimum atomic E-state index is 0.0224. The fourth-order valence-electron chi connectivity index (χ4n) is 3.27. The van der Waals surface area contributed by atoms with Crippen molar-refractivity contribution < 1.29 is 4.79 Å². The third-order valence-corrected chi connectivity index (χ3v) is 5.54. The van der Waals surface area contributed by atoms with E-state index < -0.39 is 0 Å². The van der Waals surface area contributed by atoms with E-state index in [-0.39, 0.29) is 5.91 Å². The first-order valence-electron chi connectivity index (χ1n) is 9.25. The Bertz CT molecular complexity index is 789. The van der Waals surface area contributed by atoms with Crippen LogP contribution < -0.4 is 10.2 Å². The average Bonchev–Trinajstić information content (AvgIpc) is 2.66. The predicted octanol–water partition coefficient (Wildman–Crippen LogP) is 3.99. The van der Waals surface area contributed by atoms with Crippen molar-refractivity contribution in [3.8, 4) is 0 Å². The summed E-state index contributed by atoms with van der Waals surface area (Å²) in [6.45, 7) is 4.67. The predicted molar refractivity (Wildman–Crippen MR) is 113 cm³/mol. The first-order chi connectivity index (χ1) is 13.0. The van der Waals surface area contributed by atoms with Gasteiger partial charge in [-0.15, -0.1) is 0 Å². The molecule has 0 radical (unpaired) electrons. The summed E-state index contributed by atoms with van der Waals surface area (Å²) in [4.78, 5) is 17.0. The van der Waals surface area contributed by atoms with Gasteiger partial charge in [0.15, 0.2) is 0 Å². The van der Waals surface area contributed by atoms with E-state index in [0.29, 0.717) is 29.4 Å². The molecule has 0 atom stereocenters. The van der Waals surface area contributed by atoms with Crippen molar-refractivity contribution in [3.05, 3.63) is 63.6 Å². The number of carbonyl (C=O) groups is 1. The van der Waals surface area contributed by atoms with E-state index in [4.69, 9.17) is 23.2 Å². The molecule has 1 N–H and O–H groups in total. The second-order valence-corrected chi connectivity index (χ2v) is 7.78. The number of likely N-dealkylation sites (N-methyl/N-ethyl adjacent to an activating group) is 1. The van der Waals surface area contributed by atoms with Gasteiger partial charge in [0.25, 0.3) is 0 Å². The van der Waals surface area contributed by atoms with Gasteiger partial charge in [-0.2, -0.15) is 0 Å². The summed E-state index contributed by atoms with van der Waals surface area (Å²) in [6, 6.07) is 13.7. The van der Waals surface area contributed by atoms with Gasteiger partial charge < -0.3 is 15.1 Å². The SMILES string of the molecule is CN1CCN(c2ccccc2CNC(=O)CCc2ccc(Cl)cc2Cl)CC1. The van der Waals surface area contributed by atoms with E-state index in [1.165, 1.54) is 5.69 Å². The number of halogens is 2. The standard InChI is InChI=1S/C21H25Cl2N3O/c1-25-10-12-26(13-11-25)20-5-3-2-4-17(20)15-24-21(27)9-7-16-6-8-18(22)14-19(16)23/h2-6,8,14H,7,9-13,15H2,1H3,(H,24,27).